The van der Waals surface area contributed by atoms with Crippen LogP contribution in [0.1, 0.15) is 0 Å². The standard InChI is InChI=1S/C8H5N2O.Y/c1-2-4-7(5-3-1)8-9-6-11-10-8;/h1-5H;/q-1;. The van der Waals surface area contributed by atoms with Crippen molar-refractivity contribution in [1.82, 2.24) is 10.1 Å². The van der Waals surface area contributed by atoms with Crippen molar-refractivity contribution in [3.05, 3.63) is 36.7 Å². The monoisotopic (exact) mass is 234 g/mol. The number of hydrogen-bond donors (Lipinski definition) is 0. The average molecular weight is 234 g/mol. The molecule has 0 N–H and O–H groups in total. The Kier molecular flexibility index (Phi) is 3.57. The molecule has 0 spiro atoms. The molecule has 12 heavy (non-hydrogen) atoms. The Labute approximate surface area is 95.1 Å². The molecule has 0 aliphatic rings. The third-order valence-electron chi connectivity index (χ3n) is 1.36. The molecule has 0 fully saturated rings. The van der Waals surface area contributed by atoms with Gasteiger partial charge in [0.1, 0.15) is 0 Å². The van der Waals surface area contributed by atoms with E-state index in [1.165, 1.54) is 0 Å². The average Bonchev–Trinajstić information content (AvgIpc) is 2.58. The first-order chi connectivity index (χ1) is 5.47. The molecule has 0 bridgehead atoms. The maximum absolute atomic E-state index is 4.48. The fourth-order valence-electron chi connectivity index (χ4n) is 0.852. The van der Waals surface area contributed by atoms with E-state index in [4.69, 9.17) is 0 Å². The summed E-state index contributed by atoms with van der Waals surface area (Å²) in [6.07, 6.45) is 2.29. The minimum absolute atomic E-state index is 0. The van der Waals surface area contributed by atoms with Crippen LogP contribution < -0.4 is 0 Å². The van der Waals surface area contributed by atoms with Crippen molar-refractivity contribution < 1.29 is 37.2 Å². The normalized spacial score (nSPS) is 9.00. The zero-order valence-corrected chi connectivity index (χ0v) is 9.11. The Bertz CT molecular complexity index is 320. The zero-order valence-electron chi connectivity index (χ0n) is 6.27. The second-order valence-electron chi connectivity index (χ2n) is 2.08. The van der Waals surface area contributed by atoms with Crippen molar-refractivity contribution in [1.29, 1.82) is 0 Å². The molecule has 1 aromatic heterocycles. The van der Waals surface area contributed by atoms with Gasteiger partial charge in [-0.1, -0.05) is 35.9 Å². The summed E-state index contributed by atoms with van der Waals surface area (Å²) < 4.78 is 4.48. The van der Waals surface area contributed by atoms with Gasteiger partial charge in [0.25, 0.3) is 0 Å². The van der Waals surface area contributed by atoms with Crippen LogP contribution in [-0.2, 0) is 32.7 Å². The van der Waals surface area contributed by atoms with E-state index in [0.29, 0.717) is 5.82 Å². The smallest absolute Gasteiger partial charge is 0.0690 e. The van der Waals surface area contributed by atoms with E-state index < -0.39 is 0 Å². The molecule has 0 saturated heterocycles. The van der Waals surface area contributed by atoms with Crippen molar-refractivity contribution in [3.8, 4) is 11.4 Å². The fraction of sp³-hybridized carbons (Fsp3) is 0. The number of nitrogens with zero attached hydrogens (tertiary/aromatic N) is 2. The van der Waals surface area contributed by atoms with Gasteiger partial charge in [-0.3, -0.25) is 0 Å². The van der Waals surface area contributed by atoms with Gasteiger partial charge in [0.15, 0.2) is 0 Å². The van der Waals surface area contributed by atoms with Crippen LogP contribution in [0, 0.1) is 6.39 Å². The molecule has 2 rings (SSSR count). The van der Waals surface area contributed by atoms with Crippen LogP contribution in [0.4, 0.5) is 0 Å². The Balaban J connectivity index is 0.000000720. The zero-order chi connectivity index (χ0) is 7.52. The van der Waals surface area contributed by atoms with Crippen molar-refractivity contribution in [3.63, 3.8) is 0 Å². The summed E-state index contributed by atoms with van der Waals surface area (Å²) >= 11 is 0. The quantitative estimate of drug-likeness (QED) is 0.702. The number of aromatic nitrogens is 2. The van der Waals surface area contributed by atoms with Crippen LogP contribution >= 0.6 is 0 Å². The minimum Gasteiger partial charge on any atom is -0.458 e. The molecule has 0 atom stereocenters. The molecule has 1 aromatic carbocycles. The molecule has 57 valence electrons. The second kappa shape index (κ2) is 4.48. The van der Waals surface area contributed by atoms with E-state index in [1.807, 2.05) is 30.3 Å². The van der Waals surface area contributed by atoms with Crippen LogP contribution in [0.2, 0.25) is 0 Å². The van der Waals surface area contributed by atoms with Crippen LogP contribution in [0.3, 0.4) is 0 Å². The third-order valence-corrected chi connectivity index (χ3v) is 1.36. The SMILES string of the molecule is [Y].[c-]1nc(-c2ccccc2)no1. The van der Waals surface area contributed by atoms with Gasteiger partial charge in [0.05, 0.1) is 6.39 Å². The van der Waals surface area contributed by atoms with Gasteiger partial charge in [0.2, 0.25) is 0 Å². The summed E-state index contributed by atoms with van der Waals surface area (Å²) in [5.74, 6) is 0.575. The Morgan fingerprint density at radius 3 is 2.50 bits per heavy atom. The van der Waals surface area contributed by atoms with Crippen molar-refractivity contribution in [2.75, 3.05) is 0 Å². The third kappa shape index (κ3) is 1.99. The Hall–Kier alpha value is -0.536. The van der Waals surface area contributed by atoms with E-state index >= 15 is 0 Å². The summed E-state index contributed by atoms with van der Waals surface area (Å²) in [5, 5.41) is 3.64. The first-order valence-electron chi connectivity index (χ1n) is 3.22. The Morgan fingerprint density at radius 1 is 1.17 bits per heavy atom. The number of benzene rings is 1. The fourth-order valence-corrected chi connectivity index (χ4v) is 0.852. The van der Waals surface area contributed by atoms with Crippen LogP contribution in [-0.4, -0.2) is 10.1 Å². The van der Waals surface area contributed by atoms with Gasteiger partial charge in [-0.05, 0) is 0 Å². The summed E-state index contributed by atoms with van der Waals surface area (Å²) in [5.41, 5.74) is 0.942. The summed E-state index contributed by atoms with van der Waals surface area (Å²) in [7, 11) is 0. The van der Waals surface area contributed by atoms with Gasteiger partial charge in [-0.25, -0.2) is 0 Å². The summed E-state index contributed by atoms with van der Waals surface area (Å²) in [6, 6.07) is 9.61. The molecule has 2 aromatic rings. The number of hydrogen-bond acceptors (Lipinski definition) is 3. The second-order valence-corrected chi connectivity index (χ2v) is 2.08. The van der Waals surface area contributed by atoms with E-state index in [9.17, 15) is 0 Å². The van der Waals surface area contributed by atoms with E-state index in [2.05, 4.69) is 21.1 Å². The molecular formula is C8H5N2OY-. The minimum atomic E-state index is 0. The van der Waals surface area contributed by atoms with Gasteiger partial charge in [-0.2, -0.15) is 5.16 Å². The topological polar surface area (TPSA) is 38.9 Å². The summed E-state index contributed by atoms with van der Waals surface area (Å²) in [6.45, 7) is 0. The van der Waals surface area contributed by atoms with Crippen molar-refractivity contribution >= 4 is 0 Å². The van der Waals surface area contributed by atoms with Gasteiger partial charge in [-0.15, -0.1) is 0 Å². The molecule has 3 nitrogen and oxygen atoms in total. The molecular weight excluding hydrogens is 229 g/mol. The maximum Gasteiger partial charge on any atom is 0.0690 e. The van der Waals surface area contributed by atoms with Gasteiger partial charge in [0, 0.05) is 38.5 Å². The molecule has 1 heterocycles. The van der Waals surface area contributed by atoms with Crippen molar-refractivity contribution in [2.45, 2.75) is 0 Å². The first kappa shape index (κ1) is 9.55. The molecule has 0 aliphatic carbocycles. The molecule has 0 amide bonds. The van der Waals surface area contributed by atoms with E-state index in [0.717, 1.165) is 5.56 Å². The predicted molar refractivity (Wildman–Crippen MR) is 38.6 cm³/mol. The predicted octanol–water partition coefficient (Wildman–Crippen LogP) is 1.53. The number of rotatable bonds is 1. The van der Waals surface area contributed by atoms with Crippen LogP contribution in [0.15, 0.2) is 34.9 Å². The van der Waals surface area contributed by atoms with Gasteiger partial charge < -0.3 is 9.51 Å². The molecule has 0 unspecified atom stereocenters. The molecule has 1 radical (unpaired) electrons. The maximum atomic E-state index is 4.48. The van der Waals surface area contributed by atoms with E-state index in [-0.39, 0.29) is 32.7 Å². The van der Waals surface area contributed by atoms with Gasteiger partial charge >= 0.3 is 0 Å². The van der Waals surface area contributed by atoms with Crippen LogP contribution in [0.5, 0.6) is 0 Å². The van der Waals surface area contributed by atoms with Crippen molar-refractivity contribution in [2.24, 2.45) is 0 Å². The Morgan fingerprint density at radius 2 is 1.92 bits per heavy atom. The van der Waals surface area contributed by atoms with Crippen LogP contribution in [0.25, 0.3) is 11.4 Å². The largest absolute Gasteiger partial charge is 0.458 e. The van der Waals surface area contributed by atoms with E-state index in [1.54, 1.807) is 0 Å². The summed E-state index contributed by atoms with van der Waals surface area (Å²) in [4.78, 5) is 3.78. The molecule has 0 saturated carbocycles. The first-order valence-corrected chi connectivity index (χ1v) is 3.22. The molecule has 0 aliphatic heterocycles. The molecule has 4 heteroatoms.